The third-order valence-electron chi connectivity index (χ3n) is 6.21. The molecule has 1 aliphatic heterocycles. The second-order valence-corrected chi connectivity index (χ2v) is 9.12. The van der Waals surface area contributed by atoms with E-state index in [-0.39, 0.29) is 24.1 Å². The number of nitrogens with zero attached hydrogens (tertiary/aromatic N) is 1. The first kappa shape index (κ1) is 21.6. The van der Waals surface area contributed by atoms with E-state index < -0.39 is 51.6 Å². The molecule has 4 rings (SSSR count). The number of carbonyl (C=O) groups is 1. The van der Waals surface area contributed by atoms with E-state index in [1.165, 1.54) is 30.3 Å². The topological polar surface area (TPSA) is 86.7 Å². The minimum Gasteiger partial charge on any atom is -0.465 e. The summed E-state index contributed by atoms with van der Waals surface area (Å²) in [5.41, 5.74) is -2.20. The molecule has 31 heavy (non-hydrogen) atoms. The summed E-state index contributed by atoms with van der Waals surface area (Å²) in [6.07, 6.45) is -0.0643. The molecule has 2 aromatic carbocycles. The van der Waals surface area contributed by atoms with Crippen LogP contribution in [0.25, 0.3) is 11.1 Å². The average Bonchev–Trinajstić information content (AvgIpc) is 3.43. The Morgan fingerprint density at radius 1 is 1.23 bits per heavy atom. The summed E-state index contributed by atoms with van der Waals surface area (Å²) < 4.78 is 65.0. The number of alkyl halides is 1. The number of amides is 1. The zero-order valence-electron chi connectivity index (χ0n) is 16.3. The number of nitrogens with one attached hydrogen (secondary N) is 1. The third kappa shape index (κ3) is 4.14. The zero-order chi connectivity index (χ0) is 22.3. The van der Waals surface area contributed by atoms with E-state index in [4.69, 9.17) is 0 Å². The summed E-state index contributed by atoms with van der Waals surface area (Å²) in [6, 6.07) is 8.41. The molecule has 1 spiro atoms. The molecule has 1 unspecified atom stereocenters. The van der Waals surface area contributed by atoms with Gasteiger partial charge in [-0.2, -0.15) is 0 Å². The second kappa shape index (κ2) is 8.16. The molecule has 0 aromatic heterocycles. The number of carboxylic acid groups (broad SMARTS) is 1. The van der Waals surface area contributed by atoms with Gasteiger partial charge in [-0.25, -0.2) is 26.4 Å². The molecule has 2 aromatic rings. The smallest absolute Gasteiger partial charge is 0.407 e. The molecular formula is C21H21F3N2O4S. The Kier molecular flexibility index (Phi) is 5.69. The summed E-state index contributed by atoms with van der Waals surface area (Å²) >= 11 is 0. The molecule has 2 aliphatic rings. The van der Waals surface area contributed by atoms with Crippen molar-refractivity contribution in [1.29, 1.82) is 0 Å². The summed E-state index contributed by atoms with van der Waals surface area (Å²) in [7, 11) is -3.40. The molecule has 0 radical (unpaired) electrons. The van der Waals surface area contributed by atoms with Crippen LogP contribution in [-0.4, -0.2) is 48.8 Å². The molecule has 166 valence electrons. The van der Waals surface area contributed by atoms with E-state index in [0.717, 1.165) is 4.90 Å². The molecule has 1 amide bonds. The van der Waals surface area contributed by atoms with Gasteiger partial charge in [0, 0.05) is 23.6 Å². The predicted octanol–water partition coefficient (Wildman–Crippen LogP) is 3.14. The van der Waals surface area contributed by atoms with Gasteiger partial charge < -0.3 is 10.0 Å². The standard InChI is InChI=1S/C21H21F3N2O4S/c22-14-5-1-3-12(9-14)15-6-2-4-13(17(15)23)10-16-18(25-19(24)31(29)30)21(7-8-21)11-26(16)20(27)28/h1-6,9,16,18-19,25,31H,7-8,10-11H2,(H,27,28)/t16-,18+,19?/m0/s1. The number of rotatable bonds is 6. The Hall–Kier alpha value is -2.59. The highest BCUT2D eigenvalue weighted by molar-refractivity contribution is 7.72. The van der Waals surface area contributed by atoms with E-state index in [2.05, 4.69) is 5.32 Å². The molecule has 1 heterocycles. The van der Waals surface area contributed by atoms with Gasteiger partial charge >= 0.3 is 6.09 Å². The van der Waals surface area contributed by atoms with Crippen LogP contribution in [0.3, 0.4) is 0 Å². The molecular weight excluding hydrogens is 433 g/mol. The van der Waals surface area contributed by atoms with E-state index in [0.29, 0.717) is 18.4 Å². The van der Waals surface area contributed by atoms with Crippen molar-refractivity contribution in [2.45, 2.75) is 37.0 Å². The maximum Gasteiger partial charge on any atom is 0.407 e. The molecule has 3 atom stereocenters. The Balaban J connectivity index is 1.68. The third-order valence-corrected chi connectivity index (χ3v) is 6.73. The lowest BCUT2D eigenvalue weighted by Crippen LogP contribution is -2.50. The summed E-state index contributed by atoms with van der Waals surface area (Å²) in [6.45, 7) is 0.123. The number of hydrogen-bond acceptors (Lipinski definition) is 4. The normalized spacial score (nSPS) is 22.8. The van der Waals surface area contributed by atoms with Crippen molar-refractivity contribution in [2.24, 2.45) is 5.41 Å². The van der Waals surface area contributed by atoms with E-state index >= 15 is 4.39 Å². The van der Waals surface area contributed by atoms with Crippen LogP contribution in [0, 0.1) is 17.0 Å². The highest BCUT2D eigenvalue weighted by atomic mass is 32.2. The van der Waals surface area contributed by atoms with Crippen LogP contribution < -0.4 is 5.32 Å². The molecule has 1 aliphatic carbocycles. The van der Waals surface area contributed by atoms with Crippen LogP contribution in [0.1, 0.15) is 18.4 Å². The Bertz CT molecular complexity index is 1080. The monoisotopic (exact) mass is 454 g/mol. The lowest BCUT2D eigenvalue weighted by atomic mass is 9.90. The molecule has 10 heteroatoms. The van der Waals surface area contributed by atoms with Gasteiger partial charge in [-0.05, 0) is 42.5 Å². The van der Waals surface area contributed by atoms with Gasteiger partial charge in [0.2, 0.25) is 0 Å². The summed E-state index contributed by atoms with van der Waals surface area (Å²) in [5, 5.41) is 12.1. The van der Waals surface area contributed by atoms with Gasteiger partial charge in [0.05, 0.1) is 6.04 Å². The van der Waals surface area contributed by atoms with Crippen LogP contribution in [0.5, 0.6) is 0 Å². The lowest BCUT2D eigenvalue weighted by molar-refractivity contribution is 0.134. The van der Waals surface area contributed by atoms with Gasteiger partial charge in [0.15, 0.2) is 10.7 Å². The zero-order valence-corrected chi connectivity index (χ0v) is 17.2. The van der Waals surface area contributed by atoms with Crippen molar-refractivity contribution in [2.75, 3.05) is 6.54 Å². The molecule has 6 nitrogen and oxygen atoms in total. The first-order valence-electron chi connectivity index (χ1n) is 9.78. The van der Waals surface area contributed by atoms with Crippen LogP contribution in [-0.2, 0) is 17.1 Å². The lowest BCUT2D eigenvalue weighted by Gasteiger charge is -2.28. The van der Waals surface area contributed by atoms with Crippen molar-refractivity contribution in [1.82, 2.24) is 10.2 Å². The van der Waals surface area contributed by atoms with E-state index in [1.54, 1.807) is 12.1 Å². The highest BCUT2D eigenvalue weighted by Gasteiger charge is 2.61. The Morgan fingerprint density at radius 2 is 1.94 bits per heavy atom. The van der Waals surface area contributed by atoms with Crippen LogP contribution >= 0.6 is 0 Å². The van der Waals surface area contributed by atoms with Crippen LogP contribution in [0.15, 0.2) is 42.5 Å². The number of thiol groups is 1. The molecule has 0 bridgehead atoms. The van der Waals surface area contributed by atoms with Crippen molar-refractivity contribution in [3.05, 3.63) is 59.7 Å². The van der Waals surface area contributed by atoms with Gasteiger partial charge in [0.25, 0.3) is 5.63 Å². The Labute approximate surface area is 178 Å². The van der Waals surface area contributed by atoms with E-state index in [1.807, 2.05) is 0 Å². The number of halogens is 3. The molecule has 1 saturated heterocycles. The SMILES string of the molecule is O=C(O)N1CC2(CC2)[C@H](NC(F)[SH](=O)=O)[C@@H]1Cc1cccc(-c2cccc(F)c2)c1F. The van der Waals surface area contributed by atoms with Gasteiger partial charge in [0.1, 0.15) is 11.6 Å². The highest BCUT2D eigenvalue weighted by Crippen LogP contribution is 2.55. The quantitative estimate of drug-likeness (QED) is 0.461. The van der Waals surface area contributed by atoms with Gasteiger partial charge in [-0.1, -0.05) is 30.3 Å². The van der Waals surface area contributed by atoms with Gasteiger partial charge in [-0.3, -0.25) is 5.32 Å². The predicted molar refractivity (Wildman–Crippen MR) is 108 cm³/mol. The molecule has 2 N–H and O–H groups in total. The summed E-state index contributed by atoms with van der Waals surface area (Å²) in [5.74, 6) is -1.14. The first-order valence-corrected chi connectivity index (χ1v) is 11.0. The first-order chi connectivity index (χ1) is 14.7. The van der Waals surface area contributed by atoms with Crippen molar-refractivity contribution < 1.29 is 31.5 Å². The largest absolute Gasteiger partial charge is 0.465 e. The fraction of sp³-hybridized carbons (Fsp3) is 0.381. The van der Waals surface area contributed by atoms with Crippen molar-refractivity contribution >= 4 is 16.8 Å². The maximum atomic E-state index is 15.3. The maximum absolute atomic E-state index is 15.3. The minimum atomic E-state index is -3.40. The fourth-order valence-corrected chi connectivity index (χ4v) is 4.83. The number of hydrogen-bond donors (Lipinski definition) is 3. The van der Waals surface area contributed by atoms with Crippen molar-refractivity contribution in [3.8, 4) is 11.1 Å². The summed E-state index contributed by atoms with van der Waals surface area (Å²) in [4.78, 5) is 13.0. The van der Waals surface area contributed by atoms with Crippen LogP contribution in [0.4, 0.5) is 18.0 Å². The molecule has 1 saturated carbocycles. The second-order valence-electron chi connectivity index (χ2n) is 8.10. The van der Waals surface area contributed by atoms with E-state index in [9.17, 15) is 27.1 Å². The van der Waals surface area contributed by atoms with Crippen molar-refractivity contribution in [3.63, 3.8) is 0 Å². The fourth-order valence-electron chi connectivity index (χ4n) is 4.55. The average molecular weight is 454 g/mol. The van der Waals surface area contributed by atoms with Crippen LogP contribution in [0.2, 0.25) is 0 Å². The number of likely N-dealkylation sites (tertiary alicyclic amines) is 1. The van der Waals surface area contributed by atoms with Gasteiger partial charge in [-0.15, -0.1) is 0 Å². The molecule has 2 fully saturated rings. The Morgan fingerprint density at radius 3 is 2.55 bits per heavy atom. The minimum absolute atomic E-state index is 0.0803. The number of benzene rings is 2.